The van der Waals surface area contributed by atoms with E-state index < -0.39 is 0 Å². The molecule has 1 saturated heterocycles. The molecule has 29 heavy (non-hydrogen) atoms. The molecule has 1 atom stereocenters. The number of rotatable bonds is 8. The van der Waals surface area contributed by atoms with Gasteiger partial charge in [-0.05, 0) is 24.0 Å². The molecule has 0 bridgehead atoms. The summed E-state index contributed by atoms with van der Waals surface area (Å²) >= 11 is 0. The highest BCUT2D eigenvalue weighted by Crippen LogP contribution is 2.22. The highest BCUT2D eigenvalue weighted by Gasteiger charge is 2.24. The molecule has 1 fully saturated rings. The van der Waals surface area contributed by atoms with Crippen molar-refractivity contribution in [3.05, 3.63) is 42.2 Å². The molecule has 1 amide bonds. The zero-order valence-electron chi connectivity index (χ0n) is 16.5. The summed E-state index contributed by atoms with van der Waals surface area (Å²) in [5.74, 6) is 0.518. The molecular weight excluding hydrogens is 368 g/mol. The second-order valence-corrected chi connectivity index (χ2v) is 7.34. The number of hydrogen-bond acceptors (Lipinski definition) is 6. The lowest BCUT2D eigenvalue weighted by Crippen LogP contribution is -2.35. The van der Waals surface area contributed by atoms with E-state index in [1.54, 1.807) is 12.4 Å². The monoisotopic (exact) mass is 394 g/mol. The number of aromatic nitrogens is 2. The SMILES string of the molecule is CC(=O)NC1CCN(c2ncc(-c3cccc(CCC(=O)CC(=N)N)c3)cn2)C1. The molecule has 152 valence electrons. The van der Waals surface area contributed by atoms with E-state index in [-0.39, 0.29) is 30.0 Å². The largest absolute Gasteiger partial charge is 0.387 e. The Morgan fingerprint density at radius 1 is 1.28 bits per heavy atom. The minimum absolute atomic E-state index is 0.00822. The van der Waals surface area contributed by atoms with Crippen LogP contribution >= 0.6 is 0 Å². The van der Waals surface area contributed by atoms with Crippen LogP contribution in [0.15, 0.2) is 36.7 Å². The van der Waals surface area contributed by atoms with Crippen molar-refractivity contribution in [2.24, 2.45) is 5.73 Å². The number of nitrogens with one attached hydrogen (secondary N) is 2. The molecule has 1 aliphatic rings. The van der Waals surface area contributed by atoms with Gasteiger partial charge in [0.25, 0.3) is 0 Å². The van der Waals surface area contributed by atoms with Gasteiger partial charge in [0.2, 0.25) is 11.9 Å². The van der Waals surface area contributed by atoms with E-state index in [1.165, 1.54) is 6.92 Å². The lowest BCUT2D eigenvalue weighted by molar-refractivity contribution is -0.119. The highest BCUT2D eigenvalue weighted by atomic mass is 16.1. The topological polar surface area (TPSA) is 125 Å². The third kappa shape index (κ3) is 5.84. The van der Waals surface area contributed by atoms with Crippen molar-refractivity contribution in [2.75, 3.05) is 18.0 Å². The van der Waals surface area contributed by atoms with E-state index in [4.69, 9.17) is 11.1 Å². The molecule has 1 aliphatic heterocycles. The van der Waals surface area contributed by atoms with Crippen LogP contribution in [0.25, 0.3) is 11.1 Å². The fourth-order valence-electron chi connectivity index (χ4n) is 3.47. The van der Waals surface area contributed by atoms with Crippen LogP contribution in [-0.4, -0.2) is 46.6 Å². The van der Waals surface area contributed by atoms with E-state index in [0.717, 1.165) is 29.7 Å². The number of aryl methyl sites for hydroxylation is 1. The van der Waals surface area contributed by atoms with Crippen LogP contribution in [0.2, 0.25) is 0 Å². The number of anilines is 1. The average Bonchev–Trinajstić information content (AvgIpc) is 3.14. The van der Waals surface area contributed by atoms with Gasteiger partial charge in [-0.3, -0.25) is 15.0 Å². The second-order valence-electron chi connectivity index (χ2n) is 7.34. The van der Waals surface area contributed by atoms with Gasteiger partial charge in [0.05, 0.1) is 12.3 Å². The van der Waals surface area contributed by atoms with Crippen molar-refractivity contribution in [3.8, 4) is 11.1 Å². The number of carbonyl (C=O) groups is 2. The number of amidine groups is 1. The Kier molecular flexibility index (Phi) is 6.54. The van der Waals surface area contributed by atoms with Crippen molar-refractivity contribution in [1.82, 2.24) is 15.3 Å². The Morgan fingerprint density at radius 2 is 2.03 bits per heavy atom. The smallest absolute Gasteiger partial charge is 0.225 e. The second kappa shape index (κ2) is 9.27. The van der Waals surface area contributed by atoms with Crippen LogP contribution in [0.4, 0.5) is 5.95 Å². The van der Waals surface area contributed by atoms with Gasteiger partial charge in [-0.1, -0.05) is 24.3 Å². The van der Waals surface area contributed by atoms with Crippen LogP contribution in [0.1, 0.15) is 31.7 Å². The molecule has 1 aromatic carbocycles. The van der Waals surface area contributed by atoms with Gasteiger partial charge < -0.3 is 16.0 Å². The molecule has 2 heterocycles. The van der Waals surface area contributed by atoms with E-state index >= 15 is 0 Å². The molecule has 3 rings (SSSR count). The van der Waals surface area contributed by atoms with E-state index in [2.05, 4.69) is 20.2 Å². The number of Topliss-reactive ketones (excluding diaryl/α,β-unsaturated/α-hetero) is 1. The maximum atomic E-state index is 11.8. The molecule has 1 aromatic heterocycles. The summed E-state index contributed by atoms with van der Waals surface area (Å²) in [5.41, 5.74) is 8.22. The first-order chi connectivity index (χ1) is 13.9. The summed E-state index contributed by atoms with van der Waals surface area (Å²) in [5, 5.41) is 10.1. The van der Waals surface area contributed by atoms with Crippen LogP contribution in [0.3, 0.4) is 0 Å². The van der Waals surface area contributed by atoms with Gasteiger partial charge in [0.1, 0.15) is 5.78 Å². The quantitative estimate of drug-likeness (QED) is 0.462. The lowest BCUT2D eigenvalue weighted by Gasteiger charge is -2.16. The van der Waals surface area contributed by atoms with Crippen molar-refractivity contribution >= 4 is 23.5 Å². The third-order valence-electron chi connectivity index (χ3n) is 4.86. The minimum Gasteiger partial charge on any atom is -0.387 e. The molecule has 8 heteroatoms. The molecule has 4 N–H and O–H groups in total. The first kappa shape index (κ1) is 20.4. The number of nitrogens with two attached hydrogens (primary N) is 1. The molecule has 0 aliphatic carbocycles. The van der Waals surface area contributed by atoms with Gasteiger partial charge in [0, 0.05) is 50.4 Å². The molecule has 0 spiro atoms. The first-order valence-corrected chi connectivity index (χ1v) is 9.68. The number of amides is 1. The summed E-state index contributed by atoms with van der Waals surface area (Å²) in [6.45, 7) is 3.05. The Balaban J connectivity index is 1.62. The van der Waals surface area contributed by atoms with Crippen LogP contribution < -0.4 is 16.0 Å². The molecule has 2 aromatic rings. The van der Waals surface area contributed by atoms with Crippen molar-refractivity contribution in [2.45, 2.75) is 38.6 Å². The Morgan fingerprint density at radius 3 is 2.72 bits per heavy atom. The number of nitrogens with zero attached hydrogens (tertiary/aromatic N) is 3. The summed E-state index contributed by atoms with van der Waals surface area (Å²) in [4.78, 5) is 34.0. The summed E-state index contributed by atoms with van der Waals surface area (Å²) in [6, 6.07) is 8.08. The number of carbonyl (C=O) groups excluding carboxylic acids is 2. The van der Waals surface area contributed by atoms with Gasteiger partial charge in [-0.25, -0.2) is 9.97 Å². The van der Waals surface area contributed by atoms with Crippen LogP contribution in [0, 0.1) is 5.41 Å². The van der Waals surface area contributed by atoms with E-state index in [0.29, 0.717) is 25.3 Å². The summed E-state index contributed by atoms with van der Waals surface area (Å²) in [7, 11) is 0. The normalized spacial score (nSPS) is 15.9. The highest BCUT2D eigenvalue weighted by molar-refractivity contribution is 5.98. The number of hydrogen-bond donors (Lipinski definition) is 3. The molecular formula is C21H26N6O2. The lowest BCUT2D eigenvalue weighted by atomic mass is 10.0. The summed E-state index contributed by atoms with van der Waals surface area (Å²) in [6.07, 6.45) is 5.46. The van der Waals surface area contributed by atoms with Crippen molar-refractivity contribution in [1.29, 1.82) is 5.41 Å². The molecule has 0 radical (unpaired) electrons. The standard InChI is InChI=1S/C21H26N6O2/c1-14(28)26-18-7-8-27(13-18)21-24-11-17(12-25-21)16-4-2-3-15(9-16)5-6-19(29)10-20(22)23/h2-4,9,11-12,18H,5-8,10,13H2,1H3,(H3,22,23)(H,26,28). The van der Waals surface area contributed by atoms with Gasteiger partial charge in [0.15, 0.2) is 0 Å². The Labute approximate surface area is 170 Å². The number of ketones is 1. The zero-order chi connectivity index (χ0) is 20.8. The molecule has 1 unspecified atom stereocenters. The zero-order valence-corrected chi connectivity index (χ0v) is 16.5. The fourth-order valence-corrected chi connectivity index (χ4v) is 3.47. The van der Waals surface area contributed by atoms with Gasteiger partial charge in [-0.15, -0.1) is 0 Å². The molecule has 0 saturated carbocycles. The Bertz CT molecular complexity index is 896. The fraction of sp³-hybridized carbons (Fsp3) is 0.381. The van der Waals surface area contributed by atoms with Crippen LogP contribution in [0.5, 0.6) is 0 Å². The van der Waals surface area contributed by atoms with Crippen LogP contribution in [-0.2, 0) is 16.0 Å². The number of benzene rings is 1. The van der Waals surface area contributed by atoms with Gasteiger partial charge >= 0.3 is 0 Å². The van der Waals surface area contributed by atoms with Crippen molar-refractivity contribution in [3.63, 3.8) is 0 Å². The Hall–Kier alpha value is -3.29. The van der Waals surface area contributed by atoms with Crippen molar-refractivity contribution < 1.29 is 9.59 Å². The first-order valence-electron chi connectivity index (χ1n) is 9.68. The summed E-state index contributed by atoms with van der Waals surface area (Å²) < 4.78 is 0. The predicted molar refractivity (Wildman–Crippen MR) is 112 cm³/mol. The van der Waals surface area contributed by atoms with E-state index in [9.17, 15) is 9.59 Å². The predicted octanol–water partition coefficient (Wildman–Crippen LogP) is 1.69. The van der Waals surface area contributed by atoms with Gasteiger partial charge in [-0.2, -0.15) is 0 Å². The maximum absolute atomic E-state index is 11.8. The minimum atomic E-state index is -0.0950. The molecule has 8 nitrogen and oxygen atoms in total. The average molecular weight is 394 g/mol. The maximum Gasteiger partial charge on any atom is 0.225 e. The third-order valence-corrected chi connectivity index (χ3v) is 4.86. The van der Waals surface area contributed by atoms with E-state index in [1.807, 2.05) is 24.3 Å².